The molecular weight excluding hydrogens is 348 g/mol. The summed E-state index contributed by atoms with van der Waals surface area (Å²) >= 11 is 0. The van der Waals surface area contributed by atoms with Gasteiger partial charge in [0.05, 0.1) is 32.6 Å². The first-order valence-corrected chi connectivity index (χ1v) is 8.27. The maximum Gasteiger partial charge on any atom is 0.254 e. The van der Waals surface area contributed by atoms with Crippen LogP contribution in [0.1, 0.15) is 21.7 Å². The monoisotopic (exact) mass is 368 g/mol. The minimum Gasteiger partial charge on any atom is -0.493 e. The van der Waals surface area contributed by atoms with Crippen molar-refractivity contribution in [3.8, 4) is 11.5 Å². The van der Waals surface area contributed by atoms with E-state index in [0.717, 1.165) is 11.3 Å². The summed E-state index contributed by atoms with van der Waals surface area (Å²) in [6, 6.07) is 9.13. The number of amides is 1. The number of nitrogens with zero attached hydrogens (tertiary/aromatic N) is 2. The molecule has 0 aliphatic rings. The van der Waals surface area contributed by atoms with Gasteiger partial charge in [-0.3, -0.25) is 4.79 Å². The number of anilines is 1. The predicted octanol–water partition coefficient (Wildman–Crippen LogP) is 2.63. The molecule has 1 aromatic carbocycles. The van der Waals surface area contributed by atoms with Crippen LogP contribution in [0.25, 0.3) is 0 Å². The maximum absolute atomic E-state index is 12.3. The molecule has 0 aliphatic heterocycles. The van der Waals surface area contributed by atoms with E-state index in [9.17, 15) is 4.79 Å². The Morgan fingerprint density at radius 1 is 1.07 bits per heavy atom. The molecule has 8 nitrogen and oxygen atoms in total. The molecule has 0 bridgehead atoms. The third-order valence-corrected chi connectivity index (χ3v) is 3.82. The number of furan rings is 1. The van der Waals surface area contributed by atoms with Gasteiger partial charge in [-0.1, -0.05) is 6.07 Å². The third-order valence-electron chi connectivity index (χ3n) is 3.82. The highest BCUT2D eigenvalue weighted by Crippen LogP contribution is 2.27. The van der Waals surface area contributed by atoms with Crippen LogP contribution in [-0.4, -0.2) is 30.1 Å². The van der Waals surface area contributed by atoms with Crippen LogP contribution in [0.5, 0.6) is 11.5 Å². The third kappa shape index (κ3) is 4.75. The predicted molar refractivity (Wildman–Crippen MR) is 98.8 cm³/mol. The van der Waals surface area contributed by atoms with Crippen molar-refractivity contribution in [1.82, 2.24) is 15.3 Å². The number of rotatable bonds is 8. The van der Waals surface area contributed by atoms with Gasteiger partial charge in [0.2, 0.25) is 5.95 Å². The molecule has 0 unspecified atom stereocenters. The number of nitrogens with one attached hydrogen (secondary N) is 2. The van der Waals surface area contributed by atoms with Crippen molar-refractivity contribution >= 4 is 11.9 Å². The highest BCUT2D eigenvalue weighted by atomic mass is 16.5. The molecule has 3 rings (SSSR count). The summed E-state index contributed by atoms with van der Waals surface area (Å²) in [5.74, 6) is 2.18. The minimum atomic E-state index is -0.262. The van der Waals surface area contributed by atoms with Crippen LogP contribution >= 0.6 is 0 Å². The van der Waals surface area contributed by atoms with E-state index in [4.69, 9.17) is 13.9 Å². The van der Waals surface area contributed by atoms with Crippen molar-refractivity contribution in [2.75, 3.05) is 19.5 Å². The van der Waals surface area contributed by atoms with Crippen LogP contribution in [0.15, 0.2) is 53.4 Å². The van der Waals surface area contributed by atoms with Crippen LogP contribution in [0.4, 0.5) is 5.95 Å². The number of carbonyl (C=O) groups is 1. The van der Waals surface area contributed by atoms with Gasteiger partial charge in [-0.25, -0.2) is 9.97 Å². The quantitative estimate of drug-likeness (QED) is 0.630. The summed E-state index contributed by atoms with van der Waals surface area (Å²) in [4.78, 5) is 20.6. The summed E-state index contributed by atoms with van der Waals surface area (Å²) in [7, 11) is 3.14. The van der Waals surface area contributed by atoms with Gasteiger partial charge in [-0.15, -0.1) is 0 Å². The van der Waals surface area contributed by atoms with E-state index in [1.54, 1.807) is 26.5 Å². The largest absolute Gasteiger partial charge is 0.493 e. The molecule has 0 aliphatic carbocycles. The highest BCUT2D eigenvalue weighted by Gasteiger charge is 2.09. The Hall–Kier alpha value is -3.55. The van der Waals surface area contributed by atoms with Gasteiger partial charge in [-0.05, 0) is 29.8 Å². The number of hydrogen-bond acceptors (Lipinski definition) is 7. The van der Waals surface area contributed by atoms with Crippen molar-refractivity contribution in [3.05, 3.63) is 65.9 Å². The average molecular weight is 368 g/mol. The van der Waals surface area contributed by atoms with Gasteiger partial charge < -0.3 is 24.5 Å². The van der Waals surface area contributed by atoms with Gasteiger partial charge in [0, 0.05) is 18.9 Å². The Balaban J connectivity index is 1.54. The Kier molecular flexibility index (Phi) is 5.88. The Morgan fingerprint density at radius 2 is 1.85 bits per heavy atom. The van der Waals surface area contributed by atoms with Crippen LogP contribution in [0.2, 0.25) is 0 Å². The van der Waals surface area contributed by atoms with Crippen LogP contribution < -0.4 is 20.1 Å². The summed E-state index contributed by atoms with van der Waals surface area (Å²) in [6.45, 7) is 0.815. The second-order valence-electron chi connectivity index (χ2n) is 5.60. The number of hydrogen-bond donors (Lipinski definition) is 2. The first-order chi connectivity index (χ1) is 13.2. The first kappa shape index (κ1) is 18.2. The van der Waals surface area contributed by atoms with Crippen molar-refractivity contribution in [2.24, 2.45) is 0 Å². The van der Waals surface area contributed by atoms with E-state index in [-0.39, 0.29) is 5.91 Å². The lowest BCUT2D eigenvalue weighted by Crippen LogP contribution is -2.23. The number of methoxy groups -OCH3 is 2. The van der Waals surface area contributed by atoms with E-state index < -0.39 is 0 Å². The van der Waals surface area contributed by atoms with E-state index in [1.807, 2.05) is 24.3 Å². The van der Waals surface area contributed by atoms with E-state index in [0.29, 0.717) is 36.1 Å². The van der Waals surface area contributed by atoms with E-state index >= 15 is 0 Å². The lowest BCUT2D eigenvalue weighted by atomic mass is 10.2. The zero-order valence-corrected chi connectivity index (χ0v) is 15.1. The van der Waals surface area contributed by atoms with Crippen molar-refractivity contribution in [1.29, 1.82) is 0 Å². The highest BCUT2D eigenvalue weighted by molar-refractivity contribution is 5.93. The fourth-order valence-corrected chi connectivity index (χ4v) is 2.39. The van der Waals surface area contributed by atoms with Gasteiger partial charge >= 0.3 is 0 Å². The number of benzene rings is 1. The van der Waals surface area contributed by atoms with E-state index in [2.05, 4.69) is 20.6 Å². The van der Waals surface area contributed by atoms with Crippen molar-refractivity contribution in [2.45, 2.75) is 13.1 Å². The Labute approximate surface area is 156 Å². The Bertz CT molecular complexity index is 879. The molecule has 8 heteroatoms. The molecule has 0 atom stereocenters. The molecule has 0 fully saturated rings. The van der Waals surface area contributed by atoms with Crippen molar-refractivity contribution < 1.29 is 18.7 Å². The molecule has 0 saturated heterocycles. The smallest absolute Gasteiger partial charge is 0.254 e. The molecule has 2 aromatic heterocycles. The second-order valence-corrected chi connectivity index (χ2v) is 5.60. The van der Waals surface area contributed by atoms with Crippen LogP contribution in [-0.2, 0) is 13.1 Å². The summed E-state index contributed by atoms with van der Waals surface area (Å²) in [5, 5.41) is 5.85. The second kappa shape index (κ2) is 8.70. The molecule has 0 spiro atoms. The molecule has 27 heavy (non-hydrogen) atoms. The lowest BCUT2D eigenvalue weighted by molar-refractivity contribution is 0.0950. The average Bonchev–Trinajstić information content (AvgIpc) is 3.24. The first-order valence-electron chi connectivity index (χ1n) is 8.27. The molecule has 1 amide bonds. The van der Waals surface area contributed by atoms with Crippen LogP contribution in [0, 0.1) is 0 Å². The SMILES string of the molecule is COc1ccc(CNC(=O)c2cnc(NCc3ccco3)nc2)cc1OC. The number of ether oxygens (including phenoxy) is 2. The molecule has 2 N–H and O–H groups in total. The van der Waals surface area contributed by atoms with Crippen molar-refractivity contribution in [3.63, 3.8) is 0 Å². The summed E-state index contributed by atoms with van der Waals surface area (Å²) < 4.78 is 15.7. The number of aromatic nitrogens is 2. The minimum absolute atomic E-state index is 0.262. The summed E-state index contributed by atoms with van der Waals surface area (Å²) in [5.41, 5.74) is 1.26. The fourth-order valence-electron chi connectivity index (χ4n) is 2.39. The standard InChI is InChI=1S/C19H20N4O4/c1-25-16-6-5-13(8-17(16)26-2)9-20-18(24)14-10-21-19(22-11-14)23-12-15-4-3-7-27-15/h3-8,10-11H,9,12H2,1-2H3,(H,20,24)(H,21,22,23). The van der Waals surface area contributed by atoms with Gasteiger partial charge in [-0.2, -0.15) is 0 Å². The van der Waals surface area contributed by atoms with Gasteiger partial charge in [0.25, 0.3) is 5.91 Å². The summed E-state index contributed by atoms with van der Waals surface area (Å²) in [6.07, 6.45) is 4.55. The lowest BCUT2D eigenvalue weighted by Gasteiger charge is -2.10. The maximum atomic E-state index is 12.3. The zero-order valence-electron chi connectivity index (χ0n) is 15.1. The fraction of sp³-hybridized carbons (Fsp3) is 0.211. The topological polar surface area (TPSA) is 98.5 Å². The number of carbonyl (C=O) groups excluding carboxylic acids is 1. The molecular formula is C19H20N4O4. The Morgan fingerprint density at radius 3 is 2.52 bits per heavy atom. The normalized spacial score (nSPS) is 10.3. The van der Waals surface area contributed by atoms with Gasteiger partial charge in [0.1, 0.15) is 5.76 Å². The van der Waals surface area contributed by atoms with E-state index in [1.165, 1.54) is 12.4 Å². The molecule has 2 heterocycles. The molecule has 0 radical (unpaired) electrons. The molecule has 3 aromatic rings. The van der Waals surface area contributed by atoms with Gasteiger partial charge in [0.15, 0.2) is 11.5 Å². The van der Waals surface area contributed by atoms with Crippen LogP contribution in [0.3, 0.4) is 0 Å². The zero-order chi connectivity index (χ0) is 19.1. The molecule has 140 valence electrons. The molecule has 0 saturated carbocycles.